The van der Waals surface area contributed by atoms with Gasteiger partial charge in [0.2, 0.25) is 11.8 Å². The summed E-state index contributed by atoms with van der Waals surface area (Å²) >= 11 is 0. The number of amides is 2. The van der Waals surface area contributed by atoms with Crippen LogP contribution in [0.4, 0.5) is 11.5 Å². The van der Waals surface area contributed by atoms with Crippen molar-refractivity contribution in [3.63, 3.8) is 0 Å². The van der Waals surface area contributed by atoms with Crippen LogP contribution < -0.4 is 20.7 Å². The van der Waals surface area contributed by atoms with Gasteiger partial charge in [-0.15, -0.1) is 0 Å². The van der Waals surface area contributed by atoms with Crippen molar-refractivity contribution in [2.24, 2.45) is 5.92 Å². The highest BCUT2D eigenvalue weighted by Gasteiger charge is 2.29. The fourth-order valence-electron chi connectivity index (χ4n) is 4.81. The van der Waals surface area contributed by atoms with E-state index in [1.165, 1.54) is 11.9 Å². The van der Waals surface area contributed by atoms with Crippen LogP contribution in [0.5, 0.6) is 5.88 Å². The molecule has 0 saturated heterocycles. The molecule has 4 rings (SSSR count). The van der Waals surface area contributed by atoms with Gasteiger partial charge >= 0.3 is 0 Å². The second kappa shape index (κ2) is 9.99. The van der Waals surface area contributed by atoms with Crippen LogP contribution in [-0.4, -0.2) is 40.5 Å². The molecule has 8 nitrogen and oxygen atoms in total. The molecule has 8 heteroatoms. The fourth-order valence-corrected chi connectivity index (χ4v) is 4.81. The highest BCUT2D eigenvalue weighted by atomic mass is 16.5. The van der Waals surface area contributed by atoms with Crippen molar-refractivity contribution in [2.45, 2.75) is 70.8 Å². The first-order valence-electron chi connectivity index (χ1n) is 12.2. The summed E-state index contributed by atoms with van der Waals surface area (Å²) in [5.74, 6) is 1.21. The standard InChI is InChI=1S/C26H35N5O3/c1-4-26(2,3)30-21(32)15-17-5-7-18(8-6-17)19-9-11-20(12-10-19)31-13-14-34-24-22(25(31)33)23(27)28-16-29-24/h9-12,16-18H,4-8,13-15H2,1-3H3,(H,30,32)(H2,27,28,29)/t17-,18-. The van der Waals surface area contributed by atoms with Crippen molar-refractivity contribution >= 4 is 23.3 Å². The second-order valence-corrected chi connectivity index (χ2v) is 10.0. The number of carbonyl (C=O) groups excluding carboxylic acids is 2. The van der Waals surface area contributed by atoms with Crippen LogP contribution in [0.1, 0.15) is 81.1 Å². The topological polar surface area (TPSA) is 110 Å². The number of nitrogens with zero attached hydrogens (tertiary/aromatic N) is 3. The summed E-state index contributed by atoms with van der Waals surface area (Å²) in [5.41, 5.74) is 8.09. The molecule has 1 fully saturated rings. The van der Waals surface area contributed by atoms with Crippen molar-refractivity contribution in [1.82, 2.24) is 15.3 Å². The van der Waals surface area contributed by atoms with E-state index in [2.05, 4.69) is 48.2 Å². The van der Waals surface area contributed by atoms with E-state index < -0.39 is 0 Å². The molecule has 2 aromatic rings. The van der Waals surface area contributed by atoms with E-state index in [4.69, 9.17) is 10.5 Å². The molecule has 1 aromatic heterocycles. The van der Waals surface area contributed by atoms with Gasteiger partial charge in [-0.3, -0.25) is 9.59 Å². The lowest BCUT2D eigenvalue weighted by atomic mass is 9.77. The van der Waals surface area contributed by atoms with E-state index in [1.54, 1.807) is 4.90 Å². The molecule has 0 unspecified atom stereocenters. The third-order valence-electron chi connectivity index (χ3n) is 7.21. The molecule has 0 bridgehead atoms. The average molecular weight is 466 g/mol. The van der Waals surface area contributed by atoms with E-state index in [9.17, 15) is 9.59 Å². The van der Waals surface area contributed by atoms with Crippen LogP contribution in [0.2, 0.25) is 0 Å². The first-order valence-corrected chi connectivity index (χ1v) is 12.2. The minimum absolute atomic E-state index is 0.127. The minimum atomic E-state index is -0.247. The molecule has 0 radical (unpaired) electrons. The summed E-state index contributed by atoms with van der Waals surface area (Å²) < 4.78 is 5.62. The van der Waals surface area contributed by atoms with Gasteiger partial charge < -0.3 is 20.7 Å². The van der Waals surface area contributed by atoms with E-state index in [-0.39, 0.29) is 34.6 Å². The van der Waals surface area contributed by atoms with E-state index in [0.717, 1.165) is 37.8 Å². The van der Waals surface area contributed by atoms with Crippen molar-refractivity contribution in [1.29, 1.82) is 0 Å². The van der Waals surface area contributed by atoms with Gasteiger partial charge in [0.1, 0.15) is 24.3 Å². The second-order valence-electron chi connectivity index (χ2n) is 10.0. The zero-order valence-electron chi connectivity index (χ0n) is 20.3. The van der Waals surface area contributed by atoms with Gasteiger partial charge in [-0.1, -0.05) is 19.1 Å². The fraction of sp³-hybridized carbons (Fsp3) is 0.538. The van der Waals surface area contributed by atoms with Crippen LogP contribution in [0.15, 0.2) is 30.6 Å². The van der Waals surface area contributed by atoms with E-state index >= 15 is 0 Å². The Morgan fingerprint density at radius 1 is 1.18 bits per heavy atom. The van der Waals surface area contributed by atoms with Crippen LogP contribution in [-0.2, 0) is 4.79 Å². The lowest BCUT2D eigenvalue weighted by molar-refractivity contribution is -0.123. The number of benzene rings is 1. The molecule has 0 atom stereocenters. The highest BCUT2D eigenvalue weighted by Crippen LogP contribution is 2.38. The molecule has 2 amide bonds. The molecule has 3 N–H and O–H groups in total. The molecule has 2 aliphatic rings. The Hall–Kier alpha value is -3.16. The molecule has 1 saturated carbocycles. The Bertz CT molecular complexity index is 1030. The van der Waals surface area contributed by atoms with Crippen molar-refractivity contribution < 1.29 is 14.3 Å². The lowest BCUT2D eigenvalue weighted by Crippen LogP contribution is -2.43. The molecule has 34 heavy (non-hydrogen) atoms. The van der Waals surface area contributed by atoms with Gasteiger partial charge in [-0.25, -0.2) is 9.97 Å². The zero-order chi connectivity index (χ0) is 24.3. The maximum Gasteiger partial charge on any atom is 0.267 e. The van der Waals surface area contributed by atoms with Gasteiger partial charge in [-0.2, -0.15) is 0 Å². The third-order valence-corrected chi connectivity index (χ3v) is 7.21. The first kappa shape index (κ1) is 24.0. The van der Waals surface area contributed by atoms with Crippen LogP contribution in [0.25, 0.3) is 0 Å². The number of hydrogen-bond donors (Lipinski definition) is 2. The summed E-state index contributed by atoms with van der Waals surface area (Å²) in [6.07, 6.45) is 7.11. The van der Waals surface area contributed by atoms with Gasteiger partial charge in [0, 0.05) is 17.6 Å². The maximum absolute atomic E-state index is 13.1. The largest absolute Gasteiger partial charge is 0.475 e. The maximum atomic E-state index is 13.1. The number of nitrogen functional groups attached to an aromatic ring is 1. The Balaban J connectivity index is 1.36. The Morgan fingerprint density at radius 3 is 2.56 bits per heavy atom. The smallest absolute Gasteiger partial charge is 0.267 e. The molecule has 2 heterocycles. The van der Waals surface area contributed by atoms with Crippen molar-refractivity contribution in [3.8, 4) is 5.88 Å². The monoisotopic (exact) mass is 465 g/mol. The summed E-state index contributed by atoms with van der Waals surface area (Å²) in [6.45, 7) is 6.98. The SMILES string of the molecule is CCC(C)(C)NC(=O)C[C@H]1CC[C@H](c2ccc(N3CCOc4ncnc(N)c4C3=O)cc2)CC1. The normalized spacial score (nSPS) is 20.8. The first-order chi connectivity index (χ1) is 16.3. The number of nitrogens with one attached hydrogen (secondary N) is 1. The number of ether oxygens (including phenoxy) is 1. The zero-order valence-corrected chi connectivity index (χ0v) is 20.3. The number of fused-ring (bicyclic) bond motifs is 1. The predicted octanol–water partition coefficient (Wildman–Crippen LogP) is 4.07. The number of carbonyl (C=O) groups is 2. The molecular weight excluding hydrogens is 430 g/mol. The molecule has 0 spiro atoms. The number of aromatic nitrogens is 2. The number of anilines is 2. The Labute approximate surface area is 201 Å². The van der Waals surface area contributed by atoms with E-state index in [0.29, 0.717) is 31.4 Å². The quantitative estimate of drug-likeness (QED) is 0.665. The van der Waals surface area contributed by atoms with Gasteiger partial charge in [0.15, 0.2) is 0 Å². The number of nitrogens with two attached hydrogens (primary N) is 1. The van der Waals surface area contributed by atoms with Crippen LogP contribution in [0.3, 0.4) is 0 Å². The molecule has 1 aliphatic heterocycles. The third kappa shape index (κ3) is 5.32. The summed E-state index contributed by atoms with van der Waals surface area (Å²) in [5, 5.41) is 3.16. The van der Waals surface area contributed by atoms with Gasteiger partial charge in [0.25, 0.3) is 5.91 Å². The Morgan fingerprint density at radius 2 is 1.88 bits per heavy atom. The van der Waals surface area contributed by atoms with Crippen LogP contribution >= 0.6 is 0 Å². The summed E-state index contributed by atoms with van der Waals surface area (Å²) in [4.78, 5) is 35.2. The summed E-state index contributed by atoms with van der Waals surface area (Å²) in [6, 6.07) is 8.21. The lowest BCUT2D eigenvalue weighted by Gasteiger charge is -2.30. The molecule has 1 aromatic carbocycles. The predicted molar refractivity (Wildman–Crippen MR) is 132 cm³/mol. The Kier molecular flexibility index (Phi) is 7.05. The van der Waals surface area contributed by atoms with Gasteiger partial charge in [0.05, 0.1) is 6.54 Å². The average Bonchev–Trinajstić information content (AvgIpc) is 2.99. The number of rotatable bonds is 6. The van der Waals surface area contributed by atoms with E-state index in [1.807, 2.05) is 12.1 Å². The van der Waals surface area contributed by atoms with Crippen molar-refractivity contribution in [2.75, 3.05) is 23.8 Å². The van der Waals surface area contributed by atoms with Gasteiger partial charge in [-0.05, 0) is 75.5 Å². The summed E-state index contributed by atoms with van der Waals surface area (Å²) in [7, 11) is 0. The molecule has 182 valence electrons. The minimum Gasteiger partial charge on any atom is -0.475 e. The van der Waals surface area contributed by atoms with Crippen molar-refractivity contribution in [3.05, 3.63) is 41.7 Å². The number of hydrogen-bond acceptors (Lipinski definition) is 6. The molecular formula is C26H35N5O3. The molecule has 1 aliphatic carbocycles. The van der Waals surface area contributed by atoms with Crippen LogP contribution in [0, 0.1) is 5.92 Å². The highest BCUT2D eigenvalue weighted by molar-refractivity contribution is 6.10.